The van der Waals surface area contributed by atoms with E-state index in [1.807, 2.05) is 30.8 Å². The van der Waals surface area contributed by atoms with E-state index in [2.05, 4.69) is 51.4 Å². The number of amides is 1. The van der Waals surface area contributed by atoms with E-state index in [9.17, 15) is 9.90 Å². The molecule has 1 atom stereocenters. The summed E-state index contributed by atoms with van der Waals surface area (Å²) in [6.07, 6.45) is 12.7. The highest BCUT2D eigenvalue weighted by Crippen LogP contribution is 2.50. The minimum Gasteiger partial charge on any atom is -0.490 e. The molecule has 4 N–H and O–H groups in total. The number of nitrogens with zero attached hydrogens (tertiary/aromatic N) is 2. The highest BCUT2D eigenvalue weighted by Gasteiger charge is 2.46. The van der Waals surface area contributed by atoms with Gasteiger partial charge < -0.3 is 25.2 Å². The Morgan fingerprint density at radius 1 is 1.10 bits per heavy atom. The molecule has 11 heteroatoms. The standard InChI is InChI=1S/C37H49ClN4O4S2/c1-47-41-18-6-20-42(36(45)34(44)9-4-5-22-43)21-7-23-48-29-13-14-33(38)27(24-29)25-40-37(16-17-37)32-26-39-19-15-30(32)31-8-2-3-10-35(31)46-28-11-12-28/h2-3,8,10,13-15,19,24,26,28,34,40-41,43-44H,4-7,9,11-12,16-18,20-23,25H2,1H3. The molecule has 1 amide bonds. The molecule has 2 aliphatic carbocycles. The predicted octanol–water partition coefficient (Wildman–Crippen LogP) is 6.81. The van der Waals surface area contributed by atoms with Crippen molar-refractivity contribution in [3.05, 3.63) is 77.1 Å². The Kier molecular flexibility index (Phi) is 14.3. The van der Waals surface area contributed by atoms with Crippen molar-refractivity contribution in [3.63, 3.8) is 0 Å². The summed E-state index contributed by atoms with van der Waals surface area (Å²) < 4.78 is 9.50. The first-order valence-corrected chi connectivity index (χ1v) is 19.7. The van der Waals surface area contributed by atoms with Gasteiger partial charge >= 0.3 is 0 Å². The molecule has 0 saturated heterocycles. The SMILES string of the molecule is CSNCCCN(CCCSc1ccc(Cl)c(CNC2(c3cnccc3-c3ccccc3OC3CC3)CC2)c1)C(=O)C(O)CCCCO. The number of halogens is 1. The molecule has 0 bridgehead atoms. The normalized spacial score (nSPS) is 15.7. The number of hydrogen-bond acceptors (Lipinski definition) is 9. The summed E-state index contributed by atoms with van der Waals surface area (Å²) in [5.41, 5.74) is 4.36. The largest absolute Gasteiger partial charge is 0.490 e. The molecule has 2 aromatic carbocycles. The number of para-hydroxylation sites is 1. The van der Waals surface area contributed by atoms with Crippen LogP contribution in [0.5, 0.6) is 5.75 Å². The Hall–Kier alpha value is -2.31. The van der Waals surface area contributed by atoms with Crippen LogP contribution in [0.15, 0.2) is 65.8 Å². The molecular formula is C37H49ClN4O4S2. The molecule has 2 saturated carbocycles. The van der Waals surface area contributed by atoms with Crippen LogP contribution in [0.3, 0.4) is 0 Å². The molecule has 1 heterocycles. The molecule has 0 spiro atoms. The third kappa shape index (κ3) is 10.6. The lowest BCUT2D eigenvalue weighted by Gasteiger charge is -2.25. The number of unbranched alkanes of at least 4 members (excludes halogenated alkanes) is 1. The van der Waals surface area contributed by atoms with Crippen molar-refractivity contribution >= 4 is 41.2 Å². The third-order valence-electron chi connectivity index (χ3n) is 8.89. The van der Waals surface area contributed by atoms with Crippen LogP contribution in [0.1, 0.15) is 68.9 Å². The van der Waals surface area contributed by atoms with E-state index in [4.69, 9.17) is 21.4 Å². The second-order valence-electron chi connectivity index (χ2n) is 12.6. The van der Waals surface area contributed by atoms with Gasteiger partial charge in [0.1, 0.15) is 11.9 Å². The first-order valence-electron chi connectivity index (χ1n) is 17.1. The first-order chi connectivity index (χ1) is 23.4. The quantitative estimate of drug-likeness (QED) is 0.0508. The number of carbonyl (C=O) groups is 1. The molecule has 8 nitrogen and oxygen atoms in total. The zero-order chi connectivity index (χ0) is 33.8. The molecule has 1 unspecified atom stereocenters. The molecule has 3 aromatic rings. The van der Waals surface area contributed by atoms with E-state index in [-0.39, 0.29) is 18.1 Å². The van der Waals surface area contributed by atoms with Gasteiger partial charge in [-0.05, 0) is 117 Å². The Labute approximate surface area is 298 Å². The Bertz CT molecular complexity index is 1470. The number of aliphatic hydroxyl groups is 2. The lowest BCUT2D eigenvalue weighted by atomic mass is 9.94. The van der Waals surface area contributed by atoms with Gasteiger partial charge in [-0.2, -0.15) is 0 Å². The van der Waals surface area contributed by atoms with E-state index in [0.717, 1.165) is 83.2 Å². The Balaban J connectivity index is 1.17. The number of ether oxygens (including phenoxy) is 1. The monoisotopic (exact) mass is 712 g/mol. The molecule has 48 heavy (non-hydrogen) atoms. The number of benzene rings is 2. The van der Waals surface area contributed by atoms with Crippen LogP contribution < -0.4 is 14.8 Å². The highest BCUT2D eigenvalue weighted by atomic mass is 35.5. The van der Waals surface area contributed by atoms with Gasteiger partial charge in [0.05, 0.1) is 6.10 Å². The van der Waals surface area contributed by atoms with Crippen molar-refractivity contribution in [1.82, 2.24) is 19.9 Å². The summed E-state index contributed by atoms with van der Waals surface area (Å²) in [7, 11) is 0. The van der Waals surface area contributed by atoms with E-state index in [1.165, 1.54) is 5.56 Å². The minimum atomic E-state index is -1.02. The highest BCUT2D eigenvalue weighted by molar-refractivity contribution is 7.99. The molecule has 260 valence electrons. The lowest BCUT2D eigenvalue weighted by molar-refractivity contribution is -0.140. The predicted molar refractivity (Wildman–Crippen MR) is 198 cm³/mol. The fraction of sp³-hybridized carbons (Fsp3) is 0.514. The number of pyridine rings is 1. The molecule has 1 aromatic heterocycles. The molecule has 2 fully saturated rings. The van der Waals surface area contributed by atoms with Crippen LogP contribution >= 0.6 is 35.3 Å². The van der Waals surface area contributed by atoms with Crippen LogP contribution in [-0.4, -0.2) is 76.5 Å². The number of hydrogen-bond donors (Lipinski definition) is 4. The number of carbonyl (C=O) groups excluding carboxylic acids is 1. The van der Waals surface area contributed by atoms with Gasteiger partial charge in [-0.15, -0.1) is 11.8 Å². The van der Waals surface area contributed by atoms with Crippen molar-refractivity contribution in [2.75, 3.05) is 38.2 Å². The second-order valence-corrected chi connectivity index (χ2v) is 14.9. The van der Waals surface area contributed by atoms with Crippen LogP contribution in [0, 0.1) is 0 Å². The average molecular weight is 713 g/mol. The molecule has 5 rings (SSSR count). The zero-order valence-corrected chi connectivity index (χ0v) is 30.2. The number of aliphatic hydroxyl groups excluding tert-OH is 2. The van der Waals surface area contributed by atoms with Gasteiger partial charge in [0, 0.05) is 66.2 Å². The topological polar surface area (TPSA) is 107 Å². The Morgan fingerprint density at radius 2 is 1.92 bits per heavy atom. The second kappa shape index (κ2) is 18.6. The summed E-state index contributed by atoms with van der Waals surface area (Å²) in [5, 5.41) is 24.1. The van der Waals surface area contributed by atoms with Crippen molar-refractivity contribution in [1.29, 1.82) is 0 Å². The van der Waals surface area contributed by atoms with Gasteiger partial charge in [0.2, 0.25) is 0 Å². The number of nitrogens with one attached hydrogen (secondary N) is 2. The first kappa shape index (κ1) is 37.0. The molecule has 0 radical (unpaired) electrons. The van der Waals surface area contributed by atoms with E-state index >= 15 is 0 Å². The molecule has 2 aliphatic rings. The number of aromatic nitrogens is 1. The van der Waals surface area contributed by atoms with Crippen molar-refractivity contribution < 1.29 is 19.7 Å². The van der Waals surface area contributed by atoms with Gasteiger partial charge in [-0.3, -0.25) is 14.5 Å². The fourth-order valence-electron chi connectivity index (χ4n) is 5.88. The summed E-state index contributed by atoms with van der Waals surface area (Å²) in [6.45, 7) is 2.71. The van der Waals surface area contributed by atoms with Gasteiger partial charge in [0.25, 0.3) is 5.91 Å². The van der Waals surface area contributed by atoms with E-state index < -0.39 is 6.10 Å². The van der Waals surface area contributed by atoms with Crippen molar-refractivity contribution in [3.8, 4) is 16.9 Å². The van der Waals surface area contributed by atoms with Crippen molar-refractivity contribution in [2.45, 2.75) is 87.0 Å². The lowest BCUT2D eigenvalue weighted by Crippen LogP contribution is -2.41. The maximum atomic E-state index is 13.0. The van der Waals surface area contributed by atoms with Crippen LogP contribution in [0.25, 0.3) is 11.1 Å². The number of thioether (sulfide) groups is 1. The zero-order valence-electron chi connectivity index (χ0n) is 27.8. The summed E-state index contributed by atoms with van der Waals surface area (Å²) in [6, 6.07) is 16.6. The van der Waals surface area contributed by atoms with Gasteiger partial charge in [-0.1, -0.05) is 41.7 Å². The summed E-state index contributed by atoms with van der Waals surface area (Å²) in [4.78, 5) is 20.5. The van der Waals surface area contributed by atoms with Crippen molar-refractivity contribution in [2.24, 2.45) is 0 Å². The van der Waals surface area contributed by atoms with E-state index in [0.29, 0.717) is 45.0 Å². The fourth-order valence-corrected chi connectivity index (χ4v) is 7.31. The summed E-state index contributed by atoms with van der Waals surface area (Å²) >= 11 is 10.0. The molecule has 0 aliphatic heterocycles. The average Bonchev–Trinajstić information content (AvgIpc) is 4.05. The third-order valence-corrected chi connectivity index (χ3v) is 10.8. The maximum Gasteiger partial charge on any atom is 0.251 e. The number of rotatable bonds is 22. The minimum absolute atomic E-state index is 0.0716. The Morgan fingerprint density at radius 3 is 2.69 bits per heavy atom. The van der Waals surface area contributed by atoms with E-state index in [1.54, 1.807) is 28.6 Å². The van der Waals surface area contributed by atoms with Crippen LogP contribution in [-0.2, 0) is 16.9 Å². The van der Waals surface area contributed by atoms with Crippen LogP contribution in [0.2, 0.25) is 5.02 Å². The smallest absolute Gasteiger partial charge is 0.251 e. The molecular weight excluding hydrogens is 664 g/mol. The van der Waals surface area contributed by atoms with Gasteiger partial charge in [0.15, 0.2) is 0 Å². The van der Waals surface area contributed by atoms with Gasteiger partial charge in [-0.25, -0.2) is 0 Å². The van der Waals surface area contributed by atoms with Crippen LogP contribution in [0.4, 0.5) is 0 Å². The maximum absolute atomic E-state index is 13.0. The summed E-state index contributed by atoms with van der Waals surface area (Å²) in [5.74, 6) is 1.56.